The van der Waals surface area contributed by atoms with E-state index in [9.17, 15) is 38.9 Å². The number of benzene rings is 1. The number of carbonyl (C=O) groups is 3. The van der Waals surface area contributed by atoms with Crippen molar-refractivity contribution in [3.63, 3.8) is 0 Å². The van der Waals surface area contributed by atoms with E-state index in [1.807, 2.05) is 44.2 Å². The minimum atomic E-state index is -4.67. The highest BCUT2D eigenvalue weighted by atomic mass is 31.2. The summed E-state index contributed by atoms with van der Waals surface area (Å²) in [5, 5.41) is 27.9. The number of urea groups is 1. The van der Waals surface area contributed by atoms with Crippen LogP contribution in [0.15, 0.2) is 42.9 Å². The van der Waals surface area contributed by atoms with Crippen molar-refractivity contribution < 1.29 is 43.5 Å². The van der Waals surface area contributed by atoms with E-state index < -0.39 is 62.1 Å². The predicted molar refractivity (Wildman–Crippen MR) is 194 cm³/mol. The van der Waals surface area contributed by atoms with Gasteiger partial charge in [0.15, 0.2) is 0 Å². The molecular weight excluding hydrogens is 691 g/mol. The van der Waals surface area contributed by atoms with Crippen molar-refractivity contribution in [1.29, 1.82) is 0 Å². The van der Waals surface area contributed by atoms with Gasteiger partial charge in [-0.3, -0.25) is 14.1 Å². The summed E-state index contributed by atoms with van der Waals surface area (Å²) in [4.78, 5) is 70.5. The normalized spacial score (nSPS) is 19.0. The van der Waals surface area contributed by atoms with Gasteiger partial charge >= 0.3 is 13.9 Å². The van der Waals surface area contributed by atoms with Crippen molar-refractivity contribution in [3.8, 4) is 0 Å². The number of amides is 4. The number of likely N-dealkylation sites (tertiary alicyclic amines) is 1. The molecule has 7 N–H and O–H groups in total. The van der Waals surface area contributed by atoms with Crippen LogP contribution in [0.3, 0.4) is 0 Å². The molecule has 4 amide bonds. The van der Waals surface area contributed by atoms with E-state index in [0.717, 1.165) is 37.7 Å². The van der Waals surface area contributed by atoms with E-state index in [4.69, 9.17) is 4.52 Å². The SMILES string of the molecule is CC(C)C(O)CC(O)[C@H](CC1CCCCC1)NC(=O)[C@H](Cc1cnc[nH]1)N(C)C(=O)[C@H](Cc1ccccc1)NC(=O)N1CCC(OP(=O)(O)O)CC1. The van der Waals surface area contributed by atoms with Gasteiger partial charge in [0.25, 0.3) is 0 Å². The predicted octanol–water partition coefficient (Wildman–Crippen LogP) is 2.90. The molecule has 1 aromatic heterocycles. The Balaban J connectivity index is 1.55. The van der Waals surface area contributed by atoms with Gasteiger partial charge in [0.05, 0.1) is 30.7 Å². The highest BCUT2D eigenvalue weighted by molar-refractivity contribution is 7.46. The molecule has 52 heavy (non-hydrogen) atoms. The number of hydrogen-bond acceptors (Lipinski definition) is 8. The Bertz CT molecular complexity index is 1450. The highest BCUT2D eigenvalue weighted by Gasteiger charge is 2.37. The molecule has 1 aliphatic heterocycles. The molecule has 1 aliphatic carbocycles. The summed E-state index contributed by atoms with van der Waals surface area (Å²) < 4.78 is 16.1. The smallest absolute Gasteiger partial charge is 0.393 e. The Kier molecular flexibility index (Phi) is 15.7. The zero-order valence-electron chi connectivity index (χ0n) is 30.5. The third-order valence-electron chi connectivity index (χ3n) is 10.3. The number of likely N-dealkylation sites (N-methyl/N-ethyl adjacent to an activating group) is 1. The molecule has 2 aromatic rings. The van der Waals surface area contributed by atoms with Crippen molar-refractivity contribution in [2.45, 2.75) is 121 Å². The molecule has 15 nitrogen and oxygen atoms in total. The van der Waals surface area contributed by atoms with Crippen molar-refractivity contribution >= 4 is 25.7 Å². The van der Waals surface area contributed by atoms with Gasteiger partial charge in [-0.05, 0) is 36.7 Å². The van der Waals surface area contributed by atoms with Crippen molar-refractivity contribution in [3.05, 3.63) is 54.1 Å². The summed E-state index contributed by atoms with van der Waals surface area (Å²) in [6, 6.07) is 5.92. The molecule has 16 heteroatoms. The number of hydrogen-bond donors (Lipinski definition) is 7. The number of rotatable bonds is 17. The monoisotopic (exact) mass is 748 g/mol. The number of aromatic nitrogens is 2. The summed E-state index contributed by atoms with van der Waals surface area (Å²) in [5.41, 5.74) is 1.40. The Hall–Kier alpha value is -3.33. The van der Waals surface area contributed by atoms with Crippen LogP contribution in [0.4, 0.5) is 4.79 Å². The number of nitrogens with one attached hydrogen (secondary N) is 3. The lowest BCUT2D eigenvalue weighted by Crippen LogP contribution is -2.59. The third kappa shape index (κ3) is 13.0. The fraction of sp³-hybridized carbons (Fsp3) is 0.667. The molecule has 1 aromatic carbocycles. The maximum Gasteiger partial charge on any atom is 0.469 e. The quantitative estimate of drug-likeness (QED) is 0.117. The van der Waals surface area contributed by atoms with Crippen molar-refractivity contribution in [2.75, 3.05) is 20.1 Å². The zero-order chi connectivity index (χ0) is 37.8. The van der Waals surface area contributed by atoms with E-state index >= 15 is 0 Å². The van der Waals surface area contributed by atoms with Crippen LogP contribution in [0.25, 0.3) is 0 Å². The van der Waals surface area contributed by atoms with Crippen molar-refractivity contribution in [2.24, 2.45) is 11.8 Å². The number of carbonyl (C=O) groups excluding carboxylic acids is 3. The maximum absolute atomic E-state index is 14.4. The first-order valence-corrected chi connectivity index (χ1v) is 20.0. The van der Waals surface area contributed by atoms with E-state index in [1.54, 1.807) is 6.20 Å². The minimum absolute atomic E-state index is 0.0752. The number of imidazole rings is 1. The van der Waals surface area contributed by atoms with Gasteiger partial charge in [-0.15, -0.1) is 0 Å². The van der Waals surface area contributed by atoms with Crippen LogP contribution in [0.5, 0.6) is 0 Å². The van der Waals surface area contributed by atoms with Gasteiger partial charge in [0.2, 0.25) is 11.8 Å². The molecule has 1 saturated heterocycles. The molecule has 5 atom stereocenters. The molecule has 2 fully saturated rings. The lowest BCUT2D eigenvalue weighted by molar-refractivity contribution is -0.141. The first-order valence-electron chi connectivity index (χ1n) is 18.4. The van der Waals surface area contributed by atoms with E-state index in [2.05, 4.69) is 20.6 Å². The van der Waals surface area contributed by atoms with Crippen LogP contribution in [0.1, 0.15) is 82.9 Å². The number of aliphatic hydroxyl groups is 2. The van der Waals surface area contributed by atoms with E-state index in [0.29, 0.717) is 18.0 Å². The minimum Gasteiger partial charge on any atom is -0.393 e. The summed E-state index contributed by atoms with van der Waals surface area (Å²) >= 11 is 0. The fourth-order valence-corrected chi connectivity index (χ4v) is 7.71. The van der Waals surface area contributed by atoms with Gasteiger partial charge in [-0.1, -0.05) is 76.3 Å². The van der Waals surface area contributed by atoms with Gasteiger partial charge in [-0.2, -0.15) is 0 Å². The van der Waals surface area contributed by atoms with Crippen molar-refractivity contribution in [1.82, 2.24) is 30.4 Å². The maximum atomic E-state index is 14.4. The topological polar surface area (TPSA) is 218 Å². The average molecular weight is 749 g/mol. The summed E-state index contributed by atoms with van der Waals surface area (Å²) in [6.45, 7) is 4.08. The molecule has 4 rings (SSSR count). The number of piperidine rings is 1. The number of H-pyrrole nitrogens is 1. The van der Waals surface area contributed by atoms with Gasteiger partial charge in [0, 0.05) is 51.3 Å². The third-order valence-corrected chi connectivity index (χ3v) is 10.9. The summed E-state index contributed by atoms with van der Waals surface area (Å²) in [5.74, 6) is -0.736. The highest BCUT2D eigenvalue weighted by Crippen LogP contribution is 2.39. The molecule has 2 aliphatic rings. The van der Waals surface area contributed by atoms with E-state index in [1.165, 1.54) is 23.2 Å². The summed E-state index contributed by atoms with van der Waals surface area (Å²) in [6.07, 6.45) is 7.25. The van der Waals surface area contributed by atoms with Gasteiger partial charge in [0.1, 0.15) is 12.1 Å². The molecule has 1 saturated carbocycles. The Morgan fingerprint density at radius 1 is 1.00 bits per heavy atom. The number of aromatic amines is 1. The molecule has 2 heterocycles. The number of phosphoric ester groups is 1. The van der Waals surface area contributed by atoms with Crippen LogP contribution in [0, 0.1) is 11.8 Å². The average Bonchev–Trinajstić information content (AvgIpc) is 3.63. The molecular formula is C36H57N6O9P. The lowest BCUT2D eigenvalue weighted by atomic mass is 9.82. The first-order chi connectivity index (χ1) is 24.7. The Labute approximate surface area is 306 Å². The standard InChI is InChI=1S/C36H57N6O9P/c1-24(2)32(43)21-33(44)29(18-25-10-6-4-7-11-25)39-34(45)31(20-27-22-37-23-38-27)41(3)35(46)30(19-26-12-8-5-9-13-26)40-36(47)42-16-14-28(15-17-42)51-52(48,49)50/h5,8-9,12-13,22-25,28-33,43-44H,4,6-7,10-11,14-21H2,1-3H3,(H,37,38)(H,39,45)(H,40,47)(H2,48,49,50)/t29-,30-,31-,32?,33?/m0/s1. The number of phosphoric acid groups is 1. The van der Waals surface area contributed by atoms with Crippen LogP contribution in [-0.4, -0.2) is 114 Å². The van der Waals surface area contributed by atoms with Gasteiger partial charge < -0.3 is 45.4 Å². The van der Waals surface area contributed by atoms with Crippen LogP contribution in [0.2, 0.25) is 0 Å². The van der Waals surface area contributed by atoms with Crippen LogP contribution >= 0.6 is 7.82 Å². The van der Waals surface area contributed by atoms with Crippen LogP contribution in [-0.2, 0) is 31.5 Å². The van der Waals surface area contributed by atoms with Crippen LogP contribution < -0.4 is 10.6 Å². The fourth-order valence-electron chi connectivity index (χ4n) is 7.12. The molecule has 0 bridgehead atoms. The molecule has 0 radical (unpaired) electrons. The number of nitrogens with zero attached hydrogens (tertiary/aromatic N) is 3. The van der Waals surface area contributed by atoms with Gasteiger partial charge in [-0.25, -0.2) is 14.3 Å². The summed E-state index contributed by atoms with van der Waals surface area (Å²) in [7, 11) is -3.15. The lowest BCUT2D eigenvalue weighted by Gasteiger charge is -2.36. The largest absolute Gasteiger partial charge is 0.469 e. The second-order valence-electron chi connectivity index (χ2n) is 14.7. The second kappa shape index (κ2) is 19.7. The van der Waals surface area contributed by atoms with E-state index in [-0.39, 0.29) is 51.1 Å². The molecule has 290 valence electrons. The molecule has 2 unspecified atom stereocenters. The first kappa shape index (κ1) is 41.4. The Morgan fingerprint density at radius 3 is 2.27 bits per heavy atom. The zero-order valence-corrected chi connectivity index (χ0v) is 31.4. The molecule has 0 spiro atoms. The Morgan fingerprint density at radius 2 is 1.67 bits per heavy atom. The number of aliphatic hydroxyl groups excluding tert-OH is 2. The second-order valence-corrected chi connectivity index (χ2v) is 15.9.